The van der Waals surface area contributed by atoms with Crippen LogP contribution in [0.15, 0.2) is 34.2 Å². The molecule has 7 heteroatoms. The lowest BCUT2D eigenvalue weighted by Crippen LogP contribution is -2.29. The highest BCUT2D eigenvalue weighted by Gasteiger charge is 2.00. The second kappa shape index (κ2) is 5.26. The molecule has 94 valence electrons. The summed E-state index contributed by atoms with van der Waals surface area (Å²) >= 11 is 0. The number of hydrogen-bond donors (Lipinski definition) is 2. The van der Waals surface area contributed by atoms with Crippen LogP contribution in [0.1, 0.15) is 12.6 Å². The summed E-state index contributed by atoms with van der Waals surface area (Å²) in [5, 5.41) is 3.03. The summed E-state index contributed by atoms with van der Waals surface area (Å²) in [5.41, 5.74) is -0.226. The maximum absolute atomic E-state index is 11.5. The zero-order valence-corrected chi connectivity index (χ0v) is 9.88. The molecule has 0 radical (unpaired) electrons. The minimum absolute atomic E-state index is 0.273. The molecule has 0 unspecified atom stereocenters. The first-order valence-corrected chi connectivity index (χ1v) is 5.53. The van der Waals surface area contributed by atoms with Gasteiger partial charge in [-0.05, 0) is 6.92 Å². The van der Waals surface area contributed by atoms with E-state index in [2.05, 4.69) is 20.3 Å². The molecule has 0 amide bonds. The minimum atomic E-state index is -0.458. The summed E-state index contributed by atoms with van der Waals surface area (Å²) in [6.07, 6.45) is 4.63. The Morgan fingerprint density at radius 1 is 1.33 bits per heavy atom. The molecule has 7 nitrogen and oxygen atoms in total. The first-order valence-electron chi connectivity index (χ1n) is 5.53. The van der Waals surface area contributed by atoms with Gasteiger partial charge < -0.3 is 5.32 Å². The second-order valence-corrected chi connectivity index (χ2v) is 3.66. The molecule has 0 aliphatic rings. The van der Waals surface area contributed by atoms with Crippen LogP contribution in [-0.4, -0.2) is 26.1 Å². The van der Waals surface area contributed by atoms with Gasteiger partial charge in [-0.1, -0.05) is 0 Å². The summed E-state index contributed by atoms with van der Waals surface area (Å²) in [5.74, 6) is 0.690. The molecule has 0 bridgehead atoms. The van der Waals surface area contributed by atoms with Gasteiger partial charge in [0.25, 0.3) is 5.56 Å². The molecule has 0 spiro atoms. The summed E-state index contributed by atoms with van der Waals surface area (Å²) < 4.78 is 1.36. The highest BCUT2D eigenvalue weighted by Crippen LogP contribution is 2.01. The number of H-pyrrole nitrogens is 1. The van der Waals surface area contributed by atoms with Gasteiger partial charge in [-0.2, -0.15) is 0 Å². The Bertz CT molecular complexity index is 629. The van der Waals surface area contributed by atoms with Crippen molar-refractivity contribution in [2.75, 3.05) is 11.9 Å². The van der Waals surface area contributed by atoms with Crippen molar-refractivity contribution in [1.82, 2.24) is 19.5 Å². The number of nitrogens with one attached hydrogen (secondary N) is 2. The van der Waals surface area contributed by atoms with Crippen molar-refractivity contribution in [2.45, 2.75) is 13.5 Å². The highest BCUT2D eigenvalue weighted by atomic mass is 16.2. The summed E-state index contributed by atoms with van der Waals surface area (Å²) in [6.45, 7) is 3.01. The number of hydrogen-bond acceptors (Lipinski definition) is 5. The fourth-order valence-corrected chi connectivity index (χ4v) is 1.45. The largest absolute Gasteiger partial charge is 0.369 e. The quantitative estimate of drug-likeness (QED) is 0.781. The Labute approximate surface area is 103 Å². The molecule has 0 aliphatic heterocycles. The molecule has 2 N–H and O–H groups in total. The third kappa shape index (κ3) is 2.82. The molecule has 0 aliphatic carbocycles. The molecular formula is C11H13N5O2. The number of anilines is 1. The van der Waals surface area contributed by atoms with Crippen molar-refractivity contribution in [3.05, 3.63) is 51.2 Å². The predicted molar refractivity (Wildman–Crippen MR) is 66.6 cm³/mol. The SMILES string of the molecule is CCNc1cnc(Cn2ccc(=O)[nH]c2=O)cn1. The van der Waals surface area contributed by atoms with E-state index in [1.54, 1.807) is 12.4 Å². The topological polar surface area (TPSA) is 92.7 Å². The van der Waals surface area contributed by atoms with Gasteiger partial charge in [0.15, 0.2) is 0 Å². The van der Waals surface area contributed by atoms with E-state index in [0.717, 1.165) is 6.54 Å². The van der Waals surface area contributed by atoms with Crippen molar-refractivity contribution >= 4 is 5.82 Å². The van der Waals surface area contributed by atoms with E-state index in [1.165, 1.54) is 16.8 Å². The zero-order chi connectivity index (χ0) is 13.0. The van der Waals surface area contributed by atoms with Crippen molar-refractivity contribution in [1.29, 1.82) is 0 Å². The van der Waals surface area contributed by atoms with Gasteiger partial charge in [-0.25, -0.2) is 9.78 Å². The van der Waals surface area contributed by atoms with Crippen LogP contribution in [0.5, 0.6) is 0 Å². The predicted octanol–water partition coefficient (Wildman–Crippen LogP) is -0.193. The zero-order valence-electron chi connectivity index (χ0n) is 9.88. The Hall–Kier alpha value is -2.44. The Morgan fingerprint density at radius 3 is 2.78 bits per heavy atom. The number of aromatic nitrogens is 4. The molecular weight excluding hydrogens is 234 g/mol. The fourth-order valence-electron chi connectivity index (χ4n) is 1.45. The third-order valence-corrected chi connectivity index (χ3v) is 2.29. The van der Waals surface area contributed by atoms with Gasteiger partial charge in [-0.15, -0.1) is 0 Å². The van der Waals surface area contributed by atoms with Crippen molar-refractivity contribution < 1.29 is 0 Å². The van der Waals surface area contributed by atoms with Gasteiger partial charge >= 0.3 is 5.69 Å². The van der Waals surface area contributed by atoms with Gasteiger partial charge in [0.2, 0.25) is 0 Å². The average Bonchev–Trinajstić information content (AvgIpc) is 2.35. The van der Waals surface area contributed by atoms with Crippen molar-refractivity contribution in [3.63, 3.8) is 0 Å². The number of nitrogens with zero attached hydrogens (tertiary/aromatic N) is 3. The van der Waals surface area contributed by atoms with E-state index >= 15 is 0 Å². The average molecular weight is 247 g/mol. The Kier molecular flexibility index (Phi) is 3.52. The lowest BCUT2D eigenvalue weighted by molar-refractivity contribution is 0.702. The van der Waals surface area contributed by atoms with Gasteiger partial charge in [0.1, 0.15) is 5.82 Å². The van der Waals surface area contributed by atoms with E-state index < -0.39 is 11.2 Å². The Balaban J connectivity index is 2.18. The molecule has 2 heterocycles. The van der Waals surface area contributed by atoms with Crippen LogP contribution in [0, 0.1) is 0 Å². The van der Waals surface area contributed by atoms with Crippen LogP contribution in [0.2, 0.25) is 0 Å². The summed E-state index contributed by atoms with van der Waals surface area (Å²) in [4.78, 5) is 32.9. The van der Waals surface area contributed by atoms with E-state index in [4.69, 9.17) is 0 Å². The molecule has 0 fully saturated rings. The lowest BCUT2D eigenvalue weighted by Gasteiger charge is -2.05. The molecule has 2 aromatic rings. The lowest BCUT2D eigenvalue weighted by atomic mass is 10.4. The maximum atomic E-state index is 11.5. The smallest absolute Gasteiger partial charge is 0.328 e. The van der Waals surface area contributed by atoms with Crippen molar-refractivity contribution in [2.24, 2.45) is 0 Å². The van der Waals surface area contributed by atoms with Crippen LogP contribution in [0.25, 0.3) is 0 Å². The van der Waals surface area contributed by atoms with E-state index in [9.17, 15) is 9.59 Å². The highest BCUT2D eigenvalue weighted by molar-refractivity contribution is 5.30. The second-order valence-electron chi connectivity index (χ2n) is 3.66. The van der Waals surface area contributed by atoms with Crippen LogP contribution in [0.4, 0.5) is 5.82 Å². The first-order chi connectivity index (χ1) is 8.69. The Morgan fingerprint density at radius 2 is 2.17 bits per heavy atom. The third-order valence-electron chi connectivity index (χ3n) is 2.29. The summed E-state index contributed by atoms with van der Waals surface area (Å²) in [6, 6.07) is 1.29. The molecule has 2 rings (SSSR count). The van der Waals surface area contributed by atoms with Gasteiger partial charge in [0, 0.05) is 18.8 Å². The van der Waals surface area contributed by atoms with Crippen LogP contribution in [0.3, 0.4) is 0 Å². The van der Waals surface area contributed by atoms with Gasteiger partial charge in [-0.3, -0.25) is 19.3 Å². The normalized spacial score (nSPS) is 10.3. The molecule has 0 saturated heterocycles. The van der Waals surface area contributed by atoms with E-state index in [1.807, 2.05) is 6.92 Å². The van der Waals surface area contributed by atoms with Crippen LogP contribution in [-0.2, 0) is 6.54 Å². The summed E-state index contributed by atoms with van der Waals surface area (Å²) in [7, 11) is 0. The van der Waals surface area contributed by atoms with E-state index in [0.29, 0.717) is 11.5 Å². The molecule has 18 heavy (non-hydrogen) atoms. The van der Waals surface area contributed by atoms with Crippen LogP contribution < -0.4 is 16.6 Å². The molecule has 0 aromatic carbocycles. The van der Waals surface area contributed by atoms with Crippen LogP contribution >= 0.6 is 0 Å². The monoisotopic (exact) mass is 247 g/mol. The fraction of sp³-hybridized carbons (Fsp3) is 0.273. The van der Waals surface area contributed by atoms with E-state index in [-0.39, 0.29) is 6.54 Å². The minimum Gasteiger partial charge on any atom is -0.369 e. The number of aromatic amines is 1. The number of rotatable bonds is 4. The maximum Gasteiger partial charge on any atom is 0.328 e. The molecule has 0 atom stereocenters. The van der Waals surface area contributed by atoms with Gasteiger partial charge in [0.05, 0.1) is 24.6 Å². The molecule has 2 aromatic heterocycles. The van der Waals surface area contributed by atoms with Crippen molar-refractivity contribution in [3.8, 4) is 0 Å². The standard InChI is InChI=1S/C11H13N5O2/c1-2-12-9-6-13-8(5-14-9)7-16-4-3-10(17)15-11(16)18/h3-6H,2,7H2,1H3,(H,12,14)(H,15,17,18). The first kappa shape index (κ1) is 12.0. The molecule has 0 saturated carbocycles.